The van der Waals surface area contributed by atoms with Crippen LogP contribution in [0.15, 0.2) is 24.3 Å². The first-order valence-electron chi connectivity index (χ1n) is 7.82. The van der Waals surface area contributed by atoms with Crippen LogP contribution in [0.1, 0.15) is 25.3 Å². The van der Waals surface area contributed by atoms with Crippen LogP contribution in [0.25, 0.3) is 0 Å². The Kier molecular flexibility index (Phi) is 5.58. The number of carbonyl (C=O) groups is 3. The van der Waals surface area contributed by atoms with Gasteiger partial charge >= 0.3 is 12.0 Å². The van der Waals surface area contributed by atoms with Crippen molar-refractivity contribution < 1.29 is 19.5 Å². The summed E-state index contributed by atoms with van der Waals surface area (Å²) in [5, 5.41) is 21.1. The van der Waals surface area contributed by atoms with Gasteiger partial charge in [-0.05, 0) is 37.6 Å². The summed E-state index contributed by atoms with van der Waals surface area (Å²) in [7, 11) is 0. The second kappa shape index (κ2) is 7.65. The number of nitrogen functional groups attached to an aromatic ring is 1. The van der Waals surface area contributed by atoms with Crippen molar-refractivity contribution in [3.05, 3.63) is 29.8 Å². The van der Waals surface area contributed by atoms with Crippen molar-refractivity contribution in [2.24, 2.45) is 5.73 Å². The molecule has 0 aromatic heterocycles. The number of nitrogens with zero attached hydrogens (tertiary/aromatic N) is 1. The zero-order valence-electron chi connectivity index (χ0n) is 13.8. The largest absolute Gasteiger partial charge is 0.481 e. The number of nitrogens with two attached hydrogens (primary N) is 1. The van der Waals surface area contributed by atoms with Gasteiger partial charge in [0.15, 0.2) is 0 Å². The molecule has 1 heterocycles. The minimum Gasteiger partial charge on any atom is -0.481 e. The van der Waals surface area contributed by atoms with Gasteiger partial charge in [-0.2, -0.15) is 0 Å². The lowest BCUT2D eigenvalue weighted by Gasteiger charge is -2.18. The second-order valence-corrected chi connectivity index (χ2v) is 5.91. The van der Waals surface area contributed by atoms with Gasteiger partial charge < -0.3 is 26.4 Å². The molecule has 25 heavy (non-hydrogen) atoms. The molecule has 0 bridgehead atoms. The summed E-state index contributed by atoms with van der Waals surface area (Å²) >= 11 is 0. The maximum Gasteiger partial charge on any atom is 0.315 e. The lowest BCUT2D eigenvalue weighted by atomic mass is 10.2. The van der Waals surface area contributed by atoms with Crippen LogP contribution in [0.3, 0.4) is 0 Å². The van der Waals surface area contributed by atoms with E-state index in [0.29, 0.717) is 24.2 Å². The van der Waals surface area contributed by atoms with Gasteiger partial charge in [0.25, 0.3) is 0 Å². The molecule has 0 radical (unpaired) electrons. The number of hydrogen-bond acceptors (Lipinski definition) is 4. The fourth-order valence-electron chi connectivity index (χ4n) is 2.63. The number of amidine groups is 1. The fourth-order valence-corrected chi connectivity index (χ4v) is 2.63. The second-order valence-electron chi connectivity index (χ2n) is 5.91. The zero-order valence-corrected chi connectivity index (χ0v) is 13.8. The highest BCUT2D eigenvalue weighted by atomic mass is 16.4. The molecule has 2 unspecified atom stereocenters. The molecule has 2 rings (SSSR count). The zero-order chi connectivity index (χ0) is 18.6. The highest BCUT2D eigenvalue weighted by molar-refractivity contribution is 6.02. The molecule has 1 aliphatic rings. The van der Waals surface area contributed by atoms with Crippen LogP contribution in [0.2, 0.25) is 0 Å². The summed E-state index contributed by atoms with van der Waals surface area (Å²) in [5.74, 6) is -1.30. The molecule has 1 aromatic carbocycles. The third-order valence-corrected chi connectivity index (χ3v) is 3.86. The SMILES string of the molecule is CC(CC(=O)O)NC(=O)NC1CCN(c2ccc(C(=N)N)cc2)C1=O. The third kappa shape index (κ3) is 4.69. The summed E-state index contributed by atoms with van der Waals surface area (Å²) in [5.41, 5.74) is 6.64. The first-order valence-corrected chi connectivity index (χ1v) is 7.82. The molecular weight excluding hydrogens is 326 g/mol. The smallest absolute Gasteiger partial charge is 0.315 e. The predicted molar refractivity (Wildman–Crippen MR) is 91.6 cm³/mol. The average molecular weight is 347 g/mol. The molecule has 6 N–H and O–H groups in total. The Balaban J connectivity index is 1.93. The first kappa shape index (κ1) is 18.2. The van der Waals surface area contributed by atoms with Gasteiger partial charge in [-0.3, -0.25) is 15.0 Å². The Morgan fingerprint density at radius 2 is 2.04 bits per heavy atom. The number of rotatable bonds is 6. The van der Waals surface area contributed by atoms with Gasteiger partial charge in [-0.1, -0.05) is 0 Å². The molecule has 0 spiro atoms. The van der Waals surface area contributed by atoms with E-state index in [4.69, 9.17) is 16.2 Å². The number of nitrogens with one attached hydrogen (secondary N) is 3. The van der Waals surface area contributed by atoms with Crippen LogP contribution in [0.5, 0.6) is 0 Å². The highest BCUT2D eigenvalue weighted by Gasteiger charge is 2.33. The Bertz CT molecular complexity index is 688. The molecule has 1 aromatic rings. The number of aliphatic carboxylic acids is 1. The van der Waals surface area contributed by atoms with Crippen molar-refractivity contribution in [1.82, 2.24) is 10.6 Å². The number of benzene rings is 1. The topological polar surface area (TPSA) is 149 Å². The van der Waals surface area contributed by atoms with Crippen LogP contribution in [-0.4, -0.2) is 47.5 Å². The van der Waals surface area contributed by atoms with E-state index in [0.717, 1.165) is 0 Å². The van der Waals surface area contributed by atoms with Crippen LogP contribution < -0.4 is 21.3 Å². The van der Waals surface area contributed by atoms with Crippen molar-refractivity contribution in [3.63, 3.8) is 0 Å². The fraction of sp³-hybridized carbons (Fsp3) is 0.375. The van der Waals surface area contributed by atoms with Crippen LogP contribution in [0.4, 0.5) is 10.5 Å². The number of carboxylic acid groups (broad SMARTS) is 1. The van der Waals surface area contributed by atoms with Gasteiger partial charge in [-0.25, -0.2) is 4.79 Å². The minimum absolute atomic E-state index is 0.0500. The number of carbonyl (C=O) groups excluding carboxylic acids is 2. The molecular formula is C16H21N5O4. The van der Waals surface area contributed by atoms with Crippen LogP contribution in [0, 0.1) is 5.41 Å². The van der Waals surface area contributed by atoms with Crippen molar-refractivity contribution in [3.8, 4) is 0 Å². The first-order chi connectivity index (χ1) is 11.8. The summed E-state index contributed by atoms with van der Waals surface area (Å²) in [4.78, 5) is 36.5. The molecule has 3 amide bonds. The van der Waals surface area contributed by atoms with Gasteiger partial charge in [0.1, 0.15) is 11.9 Å². The minimum atomic E-state index is -1.01. The highest BCUT2D eigenvalue weighted by Crippen LogP contribution is 2.22. The van der Waals surface area contributed by atoms with Gasteiger partial charge in [-0.15, -0.1) is 0 Å². The van der Waals surface area contributed by atoms with Crippen molar-refractivity contribution in [1.29, 1.82) is 5.41 Å². The number of carboxylic acids is 1. The van der Waals surface area contributed by atoms with E-state index in [1.165, 1.54) is 0 Å². The predicted octanol–water partition coefficient (Wildman–Crippen LogP) is 0.238. The summed E-state index contributed by atoms with van der Waals surface area (Å²) in [6.07, 6.45) is 0.259. The van der Waals surface area contributed by atoms with Crippen molar-refractivity contribution in [2.75, 3.05) is 11.4 Å². The van der Waals surface area contributed by atoms with Crippen LogP contribution in [-0.2, 0) is 9.59 Å². The molecule has 0 saturated carbocycles. The summed E-state index contributed by atoms with van der Waals surface area (Å²) < 4.78 is 0. The summed E-state index contributed by atoms with van der Waals surface area (Å²) in [6, 6.07) is 4.95. The molecule has 134 valence electrons. The monoisotopic (exact) mass is 347 g/mol. The molecule has 9 heteroatoms. The van der Waals surface area contributed by atoms with Gasteiger partial charge in [0.2, 0.25) is 5.91 Å². The molecule has 9 nitrogen and oxygen atoms in total. The van der Waals surface area contributed by atoms with E-state index in [9.17, 15) is 14.4 Å². The molecule has 2 atom stereocenters. The molecule has 0 aliphatic carbocycles. The molecule has 1 saturated heterocycles. The van der Waals surface area contributed by atoms with Crippen molar-refractivity contribution in [2.45, 2.75) is 31.8 Å². The quantitative estimate of drug-likeness (QED) is 0.369. The number of amides is 3. The molecule has 1 fully saturated rings. The molecule has 1 aliphatic heterocycles. The third-order valence-electron chi connectivity index (χ3n) is 3.86. The average Bonchev–Trinajstić information content (AvgIpc) is 2.87. The van der Waals surface area contributed by atoms with Crippen LogP contribution >= 0.6 is 0 Å². The normalized spacial score (nSPS) is 17.9. The van der Waals surface area contributed by atoms with E-state index in [2.05, 4.69) is 10.6 Å². The lowest BCUT2D eigenvalue weighted by Crippen LogP contribution is -2.48. The van der Waals surface area contributed by atoms with E-state index >= 15 is 0 Å². The standard InChI is InChI=1S/C16H21N5O4/c1-9(8-13(22)23)19-16(25)20-12-6-7-21(15(12)24)11-4-2-10(3-5-11)14(17)18/h2-5,9,12H,6-8H2,1H3,(H3,17,18)(H,22,23)(H2,19,20,25). The van der Waals surface area contributed by atoms with Gasteiger partial charge in [0, 0.05) is 23.8 Å². The maximum absolute atomic E-state index is 12.4. The Labute approximate surface area is 144 Å². The Morgan fingerprint density at radius 1 is 1.40 bits per heavy atom. The van der Waals surface area contributed by atoms with E-state index < -0.39 is 24.1 Å². The van der Waals surface area contributed by atoms with E-state index in [1.807, 2.05) is 0 Å². The lowest BCUT2D eigenvalue weighted by molar-refractivity contribution is -0.137. The van der Waals surface area contributed by atoms with E-state index in [1.54, 1.807) is 36.1 Å². The maximum atomic E-state index is 12.4. The number of hydrogen-bond donors (Lipinski definition) is 5. The number of urea groups is 1. The summed E-state index contributed by atoms with van der Waals surface area (Å²) in [6.45, 7) is 2.03. The van der Waals surface area contributed by atoms with Crippen molar-refractivity contribution >= 4 is 29.4 Å². The number of anilines is 1. The Hall–Kier alpha value is -3.10. The van der Waals surface area contributed by atoms with E-state index in [-0.39, 0.29) is 18.2 Å². The van der Waals surface area contributed by atoms with Gasteiger partial charge in [0.05, 0.1) is 6.42 Å². The Morgan fingerprint density at radius 3 is 2.60 bits per heavy atom.